The van der Waals surface area contributed by atoms with E-state index in [4.69, 9.17) is 0 Å². The Kier molecular flexibility index (Phi) is 6.64. The molecule has 4 rings (SSSR count). The normalized spacial score (nSPS) is 13.0. The summed E-state index contributed by atoms with van der Waals surface area (Å²) in [4.78, 5) is 13.2. The quantitative estimate of drug-likeness (QED) is 0.371. The first-order valence-electron chi connectivity index (χ1n) is 10.4. The van der Waals surface area contributed by atoms with E-state index in [1.807, 2.05) is 39.8 Å². The van der Waals surface area contributed by atoms with Gasteiger partial charge in [-0.25, -0.2) is 13.8 Å². The van der Waals surface area contributed by atoms with Crippen LogP contribution in [0.1, 0.15) is 36.8 Å². The maximum Gasteiger partial charge on any atom is 0.239 e. The van der Waals surface area contributed by atoms with Crippen molar-refractivity contribution < 1.29 is 8.78 Å². The third-order valence-corrected chi connectivity index (χ3v) is 6.33. The third-order valence-electron chi connectivity index (χ3n) is 5.25. The molecule has 3 aromatic heterocycles. The summed E-state index contributed by atoms with van der Waals surface area (Å²) in [7, 11) is 0. The predicted octanol–water partition coefficient (Wildman–Crippen LogP) is 5.27. The molecule has 7 nitrogen and oxygen atoms in total. The van der Waals surface area contributed by atoms with Gasteiger partial charge in [0.2, 0.25) is 5.95 Å². The molecule has 0 amide bonds. The summed E-state index contributed by atoms with van der Waals surface area (Å²) in [5.74, 6) is -0.969. The summed E-state index contributed by atoms with van der Waals surface area (Å²) in [6, 6.07) is 9.08. The van der Waals surface area contributed by atoms with Crippen LogP contribution in [0.15, 0.2) is 48.8 Å². The van der Waals surface area contributed by atoms with Gasteiger partial charge in [-0.1, -0.05) is 26.0 Å². The first kappa shape index (κ1) is 22.8. The van der Waals surface area contributed by atoms with Gasteiger partial charge in [0, 0.05) is 29.3 Å². The first-order chi connectivity index (χ1) is 15.8. The maximum atomic E-state index is 14.8. The molecule has 1 N–H and O–H groups in total. The minimum atomic E-state index is -0.729. The van der Waals surface area contributed by atoms with Crippen LogP contribution in [0.5, 0.6) is 0 Å². The van der Waals surface area contributed by atoms with Gasteiger partial charge in [-0.05, 0) is 50.1 Å². The highest BCUT2D eigenvalue weighted by Crippen LogP contribution is 2.32. The van der Waals surface area contributed by atoms with Crippen LogP contribution < -0.4 is 4.72 Å². The van der Waals surface area contributed by atoms with Crippen LogP contribution in [0.4, 0.5) is 14.7 Å². The molecule has 0 aliphatic carbocycles. The summed E-state index contributed by atoms with van der Waals surface area (Å²) < 4.78 is 34.0. The molecular weight excluding hydrogens is 444 g/mol. The standard InChI is InChI=1S/C23H23F2N7S/c1-13-7-5-10-19(28-13)22-29-30-23(32(22)21-17(24)8-6-9-18(21)25)31-33-16(4)15(3)20-12-26-14(2)11-27-20/h5-12,15-16H,1-4H3,(H,30,31). The molecule has 0 bridgehead atoms. The Hall–Kier alpha value is -3.40. The second-order valence-electron chi connectivity index (χ2n) is 7.71. The fraction of sp³-hybridized carbons (Fsp3) is 0.261. The van der Waals surface area contributed by atoms with Crippen molar-refractivity contribution in [2.75, 3.05) is 4.72 Å². The highest BCUT2D eigenvalue weighted by molar-refractivity contribution is 8.01. The Morgan fingerprint density at radius 3 is 2.30 bits per heavy atom. The molecule has 33 heavy (non-hydrogen) atoms. The van der Waals surface area contributed by atoms with Crippen molar-refractivity contribution in [3.8, 4) is 17.2 Å². The van der Waals surface area contributed by atoms with Gasteiger partial charge in [-0.15, -0.1) is 10.2 Å². The lowest BCUT2D eigenvalue weighted by atomic mass is 10.1. The fourth-order valence-corrected chi connectivity index (χ4v) is 3.99. The minimum absolute atomic E-state index is 0.0400. The Morgan fingerprint density at radius 1 is 0.909 bits per heavy atom. The second-order valence-corrected chi connectivity index (χ2v) is 8.90. The van der Waals surface area contributed by atoms with Gasteiger partial charge in [0.15, 0.2) is 5.82 Å². The molecule has 0 saturated carbocycles. The number of hydrogen-bond donors (Lipinski definition) is 1. The van der Waals surface area contributed by atoms with Crippen LogP contribution in [-0.4, -0.2) is 35.0 Å². The van der Waals surface area contributed by atoms with E-state index in [0.717, 1.165) is 17.1 Å². The topological polar surface area (TPSA) is 81.4 Å². The molecule has 0 fully saturated rings. The number of aromatic nitrogens is 6. The van der Waals surface area contributed by atoms with E-state index in [-0.39, 0.29) is 28.6 Å². The molecule has 0 saturated heterocycles. The van der Waals surface area contributed by atoms with Crippen LogP contribution in [0.25, 0.3) is 17.2 Å². The van der Waals surface area contributed by atoms with E-state index in [1.54, 1.807) is 18.5 Å². The van der Waals surface area contributed by atoms with Gasteiger partial charge >= 0.3 is 0 Å². The van der Waals surface area contributed by atoms with E-state index < -0.39 is 11.6 Å². The average molecular weight is 468 g/mol. The summed E-state index contributed by atoms with van der Waals surface area (Å²) in [5.41, 5.74) is 2.64. The Balaban J connectivity index is 1.68. The molecule has 1 aromatic carbocycles. The van der Waals surface area contributed by atoms with Crippen LogP contribution in [0, 0.1) is 25.5 Å². The number of anilines is 1. The number of halogens is 2. The molecule has 0 aliphatic rings. The second kappa shape index (κ2) is 9.62. The highest BCUT2D eigenvalue weighted by atomic mass is 32.2. The van der Waals surface area contributed by atoms with Crippen LogP contribution in [0.2, 0.25) is 0 Å². The Bertz CT molecular complexity index is 1240. The van der Waals surface area contributed by atoms with Crippen LogP contribution >= 0.6 is 11.9 Å². The number of pyridine rings is 1. The lowest BCUT2D eigenvalue weighted by Gasteiger charge is -2.19. The van der Waals surface area contributed by atoms with Crippen molar-refractivity contribution in [3.05, 3.63) is 77.5 Å². The van der Waals surface area contributed by atoms with Gasteiger partial charge in [0.1, 0.15) is 23.0 Å². The van der Waals surface area contributed by atoms with Crippen molar-refractivity contribution in [1.82, 2.24) is 29.7 Å². The number of hydrogen-bond acceptors (Lipinski definition) is 7. The summed E-state index contributed by atoms with van der Waals surface area (Å²) >= 11 is 1.36. The molecule has 3 heterocycles. The number of nitrogens with one attached hydrogen (secondary N) is 1. The van der Waals surface area contributed by atoms with Crippen molar-refractivity contribution in [2.24, 2.45) is 0 Å². The van der Waals surface area contributed by atoms with Crippen molar-refractivity contribution in [1.29, 1.82) is 0 Å². The first-order valence-corrected chi connectivity index (χ1v) is 11.3. The van der Waals surface area contributed by atoms with E-state index in [2.05, 4.69) is 29.9 Å². The van der Waals surface area contributed by atoms with Crippen LogP contribution in [0.3, 0.4) is 0 Å². The molecule has 0 aliphatic heterocycles. The zero-order valence-electron chi connectivity index (χ0n) is 18.6. The summed E-state index contributed by atoms with van der Waals surface area (Å²) in [5, 5.41) is 8.41. The molecule has 2 unspecified atom stereocenters. The van der Waals surface area contributed by atoms with Gasteiger partial charge in [0.25, 0.3) is 0 Å². The number of benzene rings is 1. The van der Waals surface area contributed by atoms with Gasteiger partial charge < -0.3 is 0 Å². The van der Waals surface area contributed by atoms with Crippen LogP contribution in [-0.2, 0) is 0 Å². The van der Waals surface area contributed by atoms with E-state index >= 15 is 0 Å². The smallest absolute Gasteiger partial charge is 0.239 e. The third kappa shape index (κ3) is 4.85. The van der Waals surface area contributed by atoms with Gasteiger partial charge in [-0.3, -0.25) is 19.3 Å². The molecule has 0 radical (unpaired) electrons. The lowest BCUT2D eigenvalue weighted by Crippen LogP contribution is -2.14. The number of aryl methyl sites for hydroxylation is 2. The SMILES string of the molecule is Cc1cnc(C(C)C(C)SNc2nnc(-c3cccc(C)n3)n2-c2c(F)cccc2F)cn1. The van der Waals surface area contributed by atoms with Crippen molar-refractivity contribution in [3.63, 3.8) is 0 Å². The van der Waals surface area contributed by atoms with E-state index in [0.29, 0.717) is 5.69 Å². The lowest BCUT2D eigenvalue weighted by molar-refractivity contribution is 0.570. The highest BCUT2D eigenvalue weighted by Gasteiger charge is 2.24. The molecule has 10 heteroatoms. The molecule has 170 valence electrons. The maximum absolute atomic E-state index is 14.8. The number of para-hydroxylation sites is 1. The average Bonchev–Trinajstić information content (AvgIpc) is 3.21. The molecule has 0 spiro atoms. The van der Waals surface area contributed by atoms with Crippen molar-refractivity contribution in [2.45, 2.75) is 38.9 Å². The monoisotopic (exact) mass is 467 g/mol. The van der Waals surface area contributed by atoms with Crippen molar-refractivity contribution >= 4 is 17.9 Å². The Labute approximate surface area is 194 Å². The zero-order chi connectivity index (χ0) is 23.5. The predicted molar refractivity (Wildman–Crippen MR) is 125 cm³/mol. The number of nitrogens with zero attached hydrogens (tertiary/aromatic N) is 6. The van der Waals surface area contributed by atoms with Gasteiger partial charge in [-0.2, -0.15) is 0 Å². The summed E-state index contributed by atoms with van der Waals surface area (Å²) in [6.45, 7) is 7.79. The number of rotatable bonds is 7. The molecular formula is C23H23F2N7S. The largest absolute Gasteiger partial charge is 0.298 e. The van der Waals surface area contributed by atoms with Gasteiger partial charge in [0.05, 0.1) is 11.4 Å². The molecule has 2 atom stereocenters. The van der Waals surface area contributed by atoms with E-state index in [9.17, 15) is 8.78 Å². The van der Waals surface area contributed by atoms with E-state index in [1.165, 1.54) is 34.7 Å². The Morgan fingerprint density at radius 2 is 1.64 bits per heavy atom. The molecule has 4 aromatic rings. The minimum Gasteiger partial charge on any atom is -0.298 e. The zero-order valence-corrected chi connectivity index (χ0v) is 19.4. The fourth-order valence-electron chi connectivity index (χ4n) is 3.22. The summed E-state index contributed by atoms with van der Waals surface area (Å²) in [6.07, 6.45) is 3.49.